The van der Waals surface area contributed by atoms with E-state index in [1.807, 2.05) is 12.1 Å². The zero-order chi connectivity index (χ0) is 12.8. The minimum Gasteiger partial charge on any atom is -0.381 e. The maximum absolute atomic E-state index is 13.4. The van der Waals surface area contributed by atoms with Gasteiger partial charge in [-0.3, -0.25) is 0 Å². The fraction of sp³-hybridized carbons (Fsp3) is 0.600. The second kappa shape index (κ2) is 6.30. The van der Waals surface area contributed by atoms with Crippen LogP contribution in [0.3, 0.4) is 0 Å². The van der Waals surface area contributed by atoms with E-state index in [1.54, 1.807) is 6.07 Å². The molecule has 0 atom stereocenters. The molecule has 1 heterocycles. The summed E-state index contributed by atoms with van der Waals surface area (Å²) in [6, 6.07) is 7.04. The Bertz CT molecular complexity index is 375. The van der Waals surface area contributed by atoms with Gasteiger partial charge in [0.1, 0.15) is 5.82 Å². The van der Waals surface area contributed by atoms with E-state index in [4.69, 9.17) is 4.74 Å². The monoisotopic (exact) mass is 251 g/mol. The number of nitrogens with one attached hydrogen (secondary N) is 1. The van der Waals surface area contributed by atoms with E-state index in [-0.39, 0.29) is 11.2 Å². The van der Waals surface area contributed by atoms with E-state index in [9.17, 15) is 4.39 Å². The van der Waals surface area contributed by atoms with Crippen molar-refractivity contribution in [2.75, 3.05) is 26.3 Å². The van der Waals surface area contributed by atoms with Crippen LogP contribution in [-0.2, 0) is 10.2 Å². The maximum atomic E-state index is 13.4. The lowest BCUT2D eigenvalue weighted by atomic mass is 9.74. The summed E-state index contributed by atoms with van der Waals surface area (Å²) in [5, 5.41) is 3.49. The van der Waals surface area contributed by atoms with Crippen LogP contribution in [-0.4, -0.2) is 26.3 Å². The van der Waals surface area contributed by atoms with Crippen LogP contribution in [0, 0.1) is 5.82 Å². The summed E-state index contributed by atoms with van der Waals surface area (Å²) in [4.78, 5) is 0. The summed E-state index contributed by atoms with van der Waals surface area (Å²) in [5.41, 5.74) is 1.14. The van der Waals surface area contributed by atoms with Crippen molar-refractivity contribution < 1.29 is 9.13 Å². The summed E-state index contributed by atoms with van der Waals surface area (Å²) in [5.74, 6) is -0.145. The van der Waals surface area contributed by atoms with Crippen LogP contribution < -0.4 is 5.32 Å². The summed E-state index contributed by atoms with van der Waals surface area (Å²) in [6.07, 6.45) is 3.05. The first kappa shape index (κ1) is 13.5. The summed E-state index contributed by atoms with van der Waals surface area (Å²) in [6.45, 7) is 5.62. The van der Waals surface area contributed by atoms with Gasteiger partial charge in [-0.05, 0) is 43.5 Å². The number of hydrogen-bond donors (Lipinski definition) is 1. The molecule has 1 fully saturated rings. The zero-order valence-electron chi connectivity index (χ0n) is 11.0. The SMILES string of the molecule is CCCNCC1(c2cccc(F)c2)CCOCC1. The third-order valence-electron chi connectivity index (χ3n) is 3.78. The van der Waals surface area contributed by atoms with E-state index in [0.29, 0.717) is 0 Å². The highest BCUT2D eigenvalue weighted by atomic mass is 19.1. The van der Waals surface area contributed by atoms with Gasteiger partial charge in [0.25, 0.3) is 0 Å². The van der Waals surface area contributed by atoms with Crippen molar-refractivity contribution in [2.24, 2.45) is 0 Å². The van der Waals surface area contributed by atoms with Crippen molar-refractivity contribution in [3.05, 3.63) is 35.6 Å². The van der Waals surface area contributed by atoms with Gasteiger partial charge in [-0.15, -0.1) is 0 Å². The normalized spacial score (nSPS) is 18.8. The van der Waals surface area contributed by atoms with Crippen LogP contribution in [0.25, 0.3) is 0 Å². The number of halogens is 1. The van der Waals surface area contributed by atoms with Gasteiger partial charge in [0.2, 0.25) is 0 Å². The maximum Gasteiger partial charge on any atom is 0.123 e. The minimum absolute atomic E-state index is 0.0372. The van der Waals surface area contributed by atoms with Crippen LogP contribution in [0.5, 0.6) is 0 Å². The minimum atomic E-state index is -0.145. The quantitative estimate of drug-likeness (QED) is 0.812. The van der Waals surface area contributed by atoms with Crippen LogP contribution in [0.1, 0.15) is 31.7 Å². The van der Waals surface area contributed by atoms with Gasteiger partial charge in [0.15, 0.2) is 0 Å². The Balaban J connectivity index is 2.17. The van der Waals surface area contributed by atoms with Gasteiger partial charge in [0.05, 0.1) is 0 Å². The number of benzene rings is 1. The second-order valence-electron chi connectivity index (χ2n) is 5.08. The van der Waals surface area contributed by atoms with E-state index in [2.05, 4.69) is 12.2 Å². The van der Waals surface area contributed by atoms with Gasteiger partial charge in [-0.2, -0.15) is 0 Å². The second-order valence-corrected chi connectivity index (χ2v) is 5.08. The van der Waals surface area contributed by atoms with E-state index < -0.39 is 0 Å². The molecule has 18 heavy (non-hydrogen) atoms. The molecule has 3 heteroatoms. The van der Waals surface area contributed by atoms with Gasteiger partial charge >= 0.3 is 0 Å². The predicted molar refractivity (Wildman–Crippen MR) is 71.3 cm³/mol. The largest absolute Gasteiger partial charge is 0.381 e. The zero-order valence-corrected chi connectivity index (χ0v) is 11.0. The van der Waals surface area contributed by atoms with Crippen molar-refractivity contribution in [2.45, 2.75) is 31.6 Å². The molecule has 0 saturated carbocycles. The van der Waals surface area contributed by atoms with Crippen molar-refractivity contribution >= 4 is 0 Å². The molecule has 0 bridgehead atoms. The molecular formula is C15H22FNO. The molecule has 1 aliphatic heterocycles. The summed E-state index contributed by atoms with van der Waals surface area (Å²) in [7, 11) is 0. The highest BCUT2D eigenvalue weighted by molar-refractivity contribution is 5.27. The van der Waals surface area contributed by atoms with E-state index >= 15 is 0 Å². The number of rotatable bonds is 5. The molecule has 0 aliphatic carbocycles. The number of ether oxygens (including phenoxy) is 1. The average molecular weight is 251 g/mol. The molecule has 0 radical (unpaired) electrons. The molecule has 0 aromatic heterocycles. The Labute approximate surface area is 109 Å². The Morgan fingerprint density at radius 1 is 1.33 bits per heavy atom. The molecule has 0 unspecified atom stereocenters. The van der Waals surface area contributed by atoms with Crippen molar-refractivity contribution in [3.8, 4) is 0 Å². The van der Waals surface area contributed by atoms with Crippen LogP contribution >= 0.6 is 0 Å². The lowest BCUT2D eigenvalue weighted by Gasteiger charge is -2.38. The van der Waals surface area contributed by atoms with Gasteiger partial charge in [-0.1, -0.05) is 19.1 Å². The smallest absolute Gasteiger partial charge is 0.123 e. The van der Waals surface area contributed by atoms with Crippen LogP contribution in [0.15, 0.2) is 24.3 Å². The molecule has 1 aromatic carbocycles. The molecule has 0 amide bonds. The molecule has 1 N–H and O–H groups in total. The number of hydrogen-bond acceptors (Lipinski definition) is 2. The molecule has 100 valence electrons. The first-order chi connectivity index (χ1) is 8.77. The summed E-state index contributed by atoms with van der Waals surface area (Å²) < 4.78 is 18.9. The Hall–Kier alpha value is -0.930. The molecule has 1 aliphatic rings. The molecule has 1 saturated heterocycles. The highest BCUT2D eigenvalue weighted by Gasteiger charge is 2.34. The first-order valence-electron chi connectivity index (χ1n) is 6.81. The molecule has 2 rings (SSSR count). The van der Waals surface area contributed by atoms with Crippen molar-refractivity contribution in [3.63, 3.8) is 0 Å². The van der Waals surface area contributed by atoms with Gasteiger partial charge < -0.3 is 10.1 Å². The Morgan fingerprint density at radius 2 is 2.11 bits per heavy atom. The summed E-state index contributed by atoms with van der Waals surface area (Å²) >= 11 is 0. The molecule has 2 nitrogen and oxygen atoms in total. The van der Waals surface area contributed by atoms with Gasteiger partial charge in [-0.25, -0.2) is 4.39 Å². The first-order valence-corrected chi connectivity index (χ1v) is 6.81. The average Bonchev–Trinajstić information content (AvgIpc) is 2.40. The van der Waals surface area contributed by atoms with Gasteiger partial charge in [0, 0.05) is 25.2 Å². The Kier molecular flexibility index (Phi) is 4.72. The molecule has 1 aromatic rings. The predicted octanol–water partition coefficient (Wildman–Crippen LogP) is 2.87. The third-order valence-corrected chi connectivity index (χ3v) is 3.78. The molecular weight excluding hydrogens is 229 g/mol. The van der Waals surface area contributed by atoms with E-state index in [0.717, 1.165) is 51.1 Å². The van der Waals surface area contributed by atoms with E-state index in [1.165, 1.54) is 6.07 Å². The standard InChI is InChI=1S/C15H22FNO/c1-2-8-17-12-15(6-9-18-10-7-15)13-4-3-5-14(16)11-13/h3-5,11,17H,2,6-10,12H2,1H3. The van der Waals surface area contributed by atoms with Crippen LogP contribution in [0.2, 0.25) is 0 Å². The highest BCUT2D eigenvalue weighted by Crippen LogP contribution is 2.34. The Morgan fingerprint density at radius 3 is 2.78 bits per heavy atom. The third kappa shape index (κ3) is 3.09. The molecule has 0 spiro atoms. The fourth-order valence-electron chi connectivity index (χ4n) is 2.65. The van der Waals surface area contributed by atoms with Crippen molar-refractivity contribution in [1.29, 1.82) is 0 Å². The lowest BCUT2D eigenvalue weighted by molar-refractivity contribution is 0.0498. The van der Waals surface area contributed by atoms with Crippen LogP contribution in [0.4, 0.5) is 4.39 Å². The topological polar surface area (TPSA) is 21.3 Å². The lowest BCUT2D eigenvalue weighted by Crippen LogP contribution is -2.43. The van der Waals surface area contributed by atoms with Crippen molar-refractivity contribution in [1.82, 2.24) is 5.32 Å². The fourth-order valence-corrected chi connectivity index (χ4v) is 2.65.